The lowest BCUT2D eigenvalue weighted by Gasteiger charge is -2.16. The van der Waals surface area contributed by atoms with Gasteiger partial charge in [0.1, 0.15) is 0 Å². The summed E-state index contributed by atoms with van der Waals surface area (Å²) < 4.78 is 1.86. The third-order valence-electron chi connectivity index (χ3n) is 3.76. The minimum atomic E-state index is 0.0645. The molecule has 0 bridgehead atoms. The number of hydrogen-bond donors (Lipinski definition) is 1. The smallest absolute Gasteiger partial charge is 0.222 e. The van der Waals surface area contributed by atoms with Gasteiger partial charge in [0, 0.05) is 50.9 Å². The van der Waals surface area contributed by atoms with E-state index < -0.39 is 0 Å². The highest BCUT2D eigenvalue weighted by Gasteiger charge is 2.19. The monoisotopic (exact) mass is 292 g/mol. The highest BCUT2D eigenvalue weighted by atomic mass is 16.2. The summed E-state index contributed by atoms with van der Waals surface area (Å²) in [6.07, 6.45) is 7.37. The maximum Gasteiger partial charge on any atom is 0.222 e. The molecule has 0 spiro atoms. The zero-order valence-corrected chi connectivity index (χ0v) is 12.6. The summed E-state index contributed by atoms with van der Waals surface area (Å²) in [5.41, 5.74) is 0. The van der Waals surface area contributed by atoms with Crippen molar-refractivity contribution in [3.8, 4) is 0 Å². The van der Waals surface area contributed by atoms with E-state index in [2.05, 4.69) is 10.4 Å². The highest BCUT2D eigenvalue weighted by Crippen LogP contribution is 2.10. The quantitative estimate of drug-likeness (QED) is 0.782. The molecule has 0 aliphatic carbocycles. The van der Waals surface area contributed by atoms with Crippen LogP contribution in [0.15, 0.2) is 18.5 Å². The topological polar surface area (TPSA) is 67.2 Å². The first-order valence-corrected chi connectivity index (χ1v) is 7.69. The minimum Gasteiger partial charge on any atom is -0.354 e. The Bertz CT molecular complexity index is 458. The molecule has 1 aliphatic rings. The second-order valence-electron chi connectivity index (χ2n) is 5.61. The molecule has 1 unspecified atom stereocenters. The Balaban J connectivity index is 1.56. The van der Waals surface area contributed by atoms with Crippen LogP contribution in [0.3, 0.4) is 0 Å². The molecular formula is C15H24N4O2. The molecule has 1 aromatic heterocycles. The zero-order valence-electron chi connectivity index (χ0n) is 12.6. The number of likely N-dealkylation sites (tertiary alicyclic amines) is 1. The average Bonchev–Trinajstić information content (AvgIpc) is 3.09. The van der Waals surface area contributed by atoms with Gasteiger partial charge in [-0.25, -0.2) is 0 Å². The fourth-order valence-corrected chi connectivity index (χ4v) is 2.55. The Hall–Kier alpha value is -1.85. The average molecular weight is 292 g/mol. The van der Waals surface area contributed by atoms with Gasteiger partial charge < -0.3 is 10.2 Å². The van der Waals surface area contributed by atoms with Gasteiger partial charge in [-0.1, -0.05) is 0 Å². The van der Waals surface area contributed by atoms with Gasteiger partial charge >= 0.3 is 0 Å². The lowest BCUT2D eigenvalue weighted by atomic mass is 10.2. The van der Waals surface area contributed by atoms with Crippen molar-refractivity contribution in [2.75, 3.05) is 13.1 Å². The van der Waals surface area contributed by atoms with Crippen LogP contribution in [0.25, 0.3) is 0 Å². The second kappa shape index (κ2) is 7.81. The molecule has 0 radical (unpaired) electrons. The molecule has 1 N–H and O–H groups in total. The summed E-state index contributed by atoms with van der Waals surface area (Å²) in [6.45, 7) is 4.36. The predicted molar refractivity (Wildman–Crippen MR) is 79.5 cm³/mol. The van der Waals surface area contributed by atoms with E-state index in [4.69, 9.17) is 0 Å². The molecule has 2 heterocycles. The van der Waals surface area contributed by atoms with Crippen molar-refractivity contribution in [2.24, 2.45) is 0 Å². The Kier molecular flexibility index (Phi) is 5.78. The predicted octanol–water partition coefficient (Wildman–Crippen LogP) is 1.18. The molecule has 1 aliphatic heterocycles. The van der Waals surface area contributed by atoms with E-state index >= 15 is 0 Å². The lowest BCUT2D eigenvalue weighted by Crippen LogP contribution is -2.34. The van der Waals surface area contributed by atoms with Crippen LogP contribution in [-0.4, -0.2) is 45.6 Å². The van der Waals surface area contributed by atoms with E-state index in [1.807, 2.05) is 28.8 Å². The SMILES string of the molecule is CC(CCn1cccn1)NC(=O)CCCN1CCCC1=O. The molecule has 0 saturated carbocycles. The maximum absolute atomic E-state index is 11.8. The minimum absolute atomic E-state index is 0.0645. The van der Waals surface area contributed by atoms with Gasteiger partial charge in [0.05, 0.1) is 0 Å². The molecule has 1 aromatic rings. The Morgan fingerprint density at radius 1 is 1.48 bits per heavy atom. The summed E-state index contributed by atoms with van der Waals surface area (Å²) in [4.78, 5) is 25.1. The van der Waals surface area contributed by atoms with Crippen LogP contribution in [0.1, 0.15) is 39.0 Å². The summed E-state index contributed by atoms with van der Waals surface area (Å²) >= 11 is 0. The fraction of sp³-hybridized carbons (Fsp3) is 0.667. The standard InChI is InChI=1S/C15H24N4O2/c1-13(7-12-19-11-4-8-16-19)17-14(20)5-2-9-18-10-3-6-15(18)21/h4,8,11,13H,2-3,5-7,9-10,12H2,1H3,(H,17,20). The van der Waals surface area contributed by atoms with Crippen molar-refractivity contribution in [3.05, 3.63) is 18.5 Å². The Morgan fingerprint density at radius 2 is 2.33 bits per heavy atom. The van der Waals surface area contributed by atoms with Gasteiger partial charge in [-0.05, 0) is 32.3 Å². The van der Waals surface area contributed by atoms with Crippen LogP contribution in [0.5, 0.6) is 0 Å². The van der Waals surface area contributed by atoms with E-state index in [0.717, 1.165) is 32.4 Å². The van der Waals surface area contributed by atoms with Gasteiger partial charge in [-0.3, -0.25) is 14.3 Å². The maximum atomic E-state index is 11.8. The van der Waals surface area contributed by atoms with E-state index in [-0.39, 0.29) is 17.9 Å². The number of nitrogens with one attached hydrogen (secondary N) is 1. The molecule has 6 heteroatoms. The molecule has 1 saturated heterocycles. The molecular weight excluding hydrogens is 268 g/mol. The van der Waals surface area contributed by atoms with Crippen LogP contribution in [0, 0.1) is 0 Å². The van der Waals surface area contributed by atoms with Crippen LogP contribution < -0.4 is 5.32 Å². The molecule has 116 valence electrons. The summed E-state index contributed by atoms with van der Waals surface area (Å²) in [5, 5.41) is 7.13. The molecule has 2 rings (SSSR count). The van der Waals surface area contributed by atoms with Gasteiger partial charge in [-0.15, -0.1) is 0 Å². The van der Waals surface area contributed by atoms with Gasteiger partial charge in [0.15, 0.2) is 0 Å². The van der Waals surface area contributed by atoms with Crippen LogP contribution in [-0.2, 0) is 16.1 Å². The summed E-state index contributed by atoms with van der Waals surface area (Å²) in [5.74, 6) is 0.289. The number of aromatic nitrogens is 2. The Morgan fingerprint density at radius 3 is 3.00 bits per heavy atom. The van der Waals surface area contributed by atoms with Gasteiger partial charge in [0.25, 0.3) is 0 Å². The van der Waals surface area contributed by atoms with Crippen LogP contribution in [0.2, 0.25) is 0 Å². The third-order valence-corrected chi connectivity index (χ3v) is 3.76. The first-order chi connectivity index (χ1) is 10.1. The number of carbonyl (C=O) groups is 2. The Labute approximate surface area is 125 Å². The van der Waals surface area contributed by atoms with Crippen molar-refractivity contribution in [3.63, 3.8) is 0 Å². The van der Waals surface area contributed by atoms with E-state index in [0.29, 0.717) is 19.4 Å². The van der Waals surface area contributed by atoms with Crippen molar-refractivity contribution in [2.45, 2.75) is 51.6 Å². The van der Waals surface area contributed by atoms with Gasteiger partial charge in [0.2, 0.25) is 11.8 Å². The molecule has 6 nitrogen and oxygen atoms in total. The number of nitrogens with zero attached hydrogens (tertiary/aromatic N) is 3. The summed E-state index contributed by atoms with van der Waals surface area (Å²) in [6, 6.07) is 2.03. The molecule has 1 atom stereocenters. The number of hydrogen-bond acceptors (Lipinski definition) is 3. The fourth-order valence-electron chi connectivity index (χ4n) is 2.55. The third kappa shape index (κ3) is 5.21. The summed E-state index contributed by atoms with van der Waals surface area (Å²) in [7, 11) is 0. The number of rotatable bonds is 8. The molecule has 1 fully saturated rings. The largest absolute Gasteiger partial charge is 0.354 e. The van der Waals surface area contributed by atoms with Crippen molar-refractivity contribution in [1.82, 2.24) is 20.0 Å². The first kappa shape index (κ1) is 15.5. The van der Waals surface area contributed by atoms with Crippen molar-refractivity contribution >= 4 is 11.8 Å². The second-order valence-corrected chi connectivity index (χ2v) is 5.61. The highest BCUT2D eigenvalue weighted by molar-refractivity contribution is 5.78. The normalized spacial score (nSPS) is 16.2. The van der Waals surface area contributed by atoms with Gasteiger partial charge in [-0.2, -0.15) is 5.10 Å². The molecule has 2 amide bonds. The number of carbonyl (C=O) groups excluding carboxylic acids is 2. The van der Waals surface area contributed by atoms with Crippen LogP contribution >= 0.6 is 0 Å². The van der Waals surface area contributed by atoms with E-state index in [1.165, 1.54) is 0 Å². The number of aryl methyl sites for hydroxylation is 1. The molecule has 21 heavy (non-hydrogen) atoms. The van der Waals surface area contributed by atoms with Crippen molar-refractivity contribution < 1.29 is 9.59 Å². The van der Waals surface area contributed by atoms with E-state index in [9.17, 15) is 9.59 Å². The molecule has 0 aromatic carbocycles. The number of amides is 2. The van der Waals surface area contributed by atoms with E-state index in [1.54, 1.807) is 6.20 Å². The first-order valence-electron chi connectivity index (χ1n) is 7.69. The van der Waals surface area contributed by atoms with Crippen molar-refractivity contribution in [1.29, 1.82) is 0 Å². The zero-order chi connectivity index (χ0) is 15.1. The lowest BCUT2D eigenvalue weighted by molar-refractivity contribution is -0.128. The van der Waals surface area contributed by atoms with Crippen LogP contribution in [0.4, 0.5) is 0 Å².